The van der Waals surface area contributed by atoms with Gasteiger partial charge in [0.25, 0.3) is 0 Å². The van der Waals surface area contributed by atoms with Crippen molar-refractivity contribution >= 4 is 10.0 Å². The Labute approximate surface area is 149 Å². The van der Waals surface area contributed by atoms with Crippen molar-refractivity contribution in [2.45, 2.75) is 11.1 Å². The van der Waals surface area contributed by atoms with Gasteiger partial charge in [-0.15, -0.1) is 0 Å². The Hall–Kier alpha value is -2.79. The maximum absolute atomic E-state index is 14.5. The van der Waals surface area contributed by atoms with E-state index in [4.69, 9.17) is 5.14 Å². The molecule has 0 amide bonds. The van der Waals surface area contributed by atoms with Crippen LogP contribution in [0.2, 0.25) is 0 Å². The molecule has 0 unspecified atom stereocenters. The first-order valence-electron chi connectivity index (χ1n) is 7.14. The van der Waals surface area contributed by atoms with Crippen molar-refractivity contribution in [3.63, 3.8) is 0 Å². The number of halogens is 5. The molecule has 0 aliphatic rings. The molecule has 2 N–H and O–H groups in total. The Morgan fingerprint density at radius 1 is 1.00 bits per heavy atom. The molecular formula is C16H9F5N2O3S. The van der Waals surface area contributed by atoms with Crippen LogP contribution in [-0.2, 0) is 16.2 Å². The monoisotopic (exact) mass is 404 g/mol. The summed E-state index contributed by atoms with van der Waals surface area (Å²) in [5.41, 5.74) is -1.95. The predicted molar refractivity (Wildman–Crippen MR) is 83.7 cm³/mol. The first-order chi connectivity index (χ1) is 12.5. The van der Waals surface area contributed by atoms with Crippen LogP contribution in [0.4, 0.5) is 22.0 Å². The van der Waals surface area contributed by atoms with E-state index >= 15 is 0 Å². The molecule has 0 saturated carbocycles. The third-order valence-corrected chi connectivity index (χ3v) is 4.52. The average molecular weight is 404 g/mol. The number of hydrogen-bond donors (Lipinski definition) is 1. The zero-order valence-corrected chi connectivity index (χ0v) is 13.9. The molecule has 1 aromatic heterocycles. The van der Waals surface area contributed by atoms with Crippen LogP contribution in [0.25, 0.3) is 22.4 Å². The van der Waals surface area contributed by atoms with Crippen LogP contribution in [0.1, 0.15) is 5.76 Å². The summed E-state index contributed by atoms with van der Waals surface area (Å²) >= 11 is 0. The third kappa shape index (κ3) is 3.55. The second-order valence-corrected chi connectivity index (χ2v) is 6.94. The minimum absolute atomic E-state index is 0.155. The van der Waals surface area contributed by atoms with Crippen LogP contribution in [0.15, 0.2) is 51.9 Å². The van der Waals surface area contributed by atoms with Crippen LogP contribution >= 0.6 is 0 Å². The van der Waals surface area contributed by atoms with Crippen molar-refractivity contribution in [3.8, 4) is 22.4 Å². The number of hydrogen-bond acceptors (Lipinski definition) is 4. The van der Waals surface area contributed by atoms with E-state index < -0.39 is 49.6 Å². The molecule has 27 heavy (non-hydrogen) atoms. The van der Waals surface area contributed by atoms with Crippen molar-refractivity contribution in [1.82, 2.24) is 5.16 Å². The summed E-state index contributed by atoms with van der Waals surface area (Å²) in [6, 6.07) is 7.91. The lowest BCUT2D eigenvalue weighted by Crippen LogP contribution is -2.15. The first-order valence-corrected chi connectivity index (χ1v) is 8.69. The predicted octanol–water partition coefficient (Wildman–Crippen LogP) is 3.95. The standard InChI is InChI=1S/C16H9F5N2O3S/c17-10-7-12(27(22,24)25)11(18)6-9(10)13-14(8-4-2-1-3-5-8)23-26-15(13)16(19,20)21/h1-7H,(H2,22,24,25). The van der Waals surface area contributed by atoms with Gasteiger partial charge in [-0.05, 0) is 12.1 Å². The Kier molecular flexibility index (Phi) is 4.52. The maximum atomic E-state index is 14.5. The largest absolute Gasteiger partial charge is 0.453 e. The van der Waals surface area contributed by atoms with Gasteiger partial charge in [-0.3, -0.25) is 0 Å². The number of nitrogens with zero attached hydrogens (tertiary/aromatic N) is 1. The van der Waals surface area contributed by atoms with Crippen molar-refractivity contribution in [2.24, 2.45) is 5.14 Å². The normalized spacial score (nSPS) is 12.4. The van der Waals surface area contributed by atoms with Crippen molar-refractivity contribution in [3.05, 3.63) is 59.9 Å². The van der Waals surface area contributed by atoms with E-state index in [-0.39, 0.29) is 17.3 Å². The van der Waals surface area contributed by atoms with Crippen LogP contribution in [0.5, 0.6) is 0 Å². The zero-order valence-electron chi connectivity index (χ0n) is 13.1. The molecule has 0 aliphatic carbocycles. The molecule has 3 aromatic rings. The highest BCUT2D eigenvalue weighted by atomic mass is 32.2. The van der Waals surface area contributed by atoms with Crippen LogP contribution in [-0.4, -0.2) is 13.6 Å². The molecule has 0 bridgehead atoms. The van der Waals surface area contributed by atoms with E-state index in [9.17, 15) is 30.4 Å². The fourth-order valence-electron chi connectivity index (χ4n) is 2.46. The minimum Gasteiger partial charge on any atom is -0.350 e. The molecule has 3 rings (SSSR count). The number of sulfonamides is 1. The SMILES string of the molecule is NS(=O)(=O)c1cc(F)c(-c2c(-c3ccccc3)noc2C(F)(F)F)cc1F. The van der Waals surface area contributed by atoms with Gasteiger partial charge in [-0.1, -0.05) is 35.5 Å². The van der Waals surface area contributed by atoms with Gasteiger partial charge in [0.1, 0.15) is 22.2 Å². The summed E-state index contributed by atoms with van der Waals surface area (Å²) in [4.78, 5) is -1.19. The lowest BCUT2D eigenvalue weighted by Gasteiger charge is -2.10. The topological polar surface area (TPSA) is 86.2 Å². The van der Waals surface area contributed by atoms with Crippen LogP contribution < -0.4 is 5.14 Å². The Morgan fingerprint density at radius 2 is 1.63 bits per heavy atom. The Morgan fingerprint density at radius 3 is 2.19 bits per heavy atom. The van der Waals surface area contributed by atoms with Gasteiger partial charge >= 0.3 is 6.18 Å². The summed E-state index contributed by atoms with van der Waals surface area (Å²) in [5, 5.41) is 8.11. The third-order valence-electron chi connectivity index (χ3n) is 3.59. The molecule has 11 heteroatoms. The summed E-state index contributed by atoms with van der Waals surface area (Å²) < 4.78 is 95.4. The van der Waals surface area contributed by atoms with Gasteiger partial charge in [0, 0.05) is 11.1 Å². The molecule has 2 aromatic carbocycles. The molecule has 1 heterocycles. The summed E-state index contributed by atoms with van der Waals surface area (Å²) in [6.07, 6.45) is -5.06. The average Bonchev–Trinajstić information content (AvgIpc) is 3.01. The van der Waals surface area contributed by atoms with E-state index in [2.05, 4.69) is 9.68 Å². The van der Waals surface area contributed by atoms with E-state index in [0.29, 0.717) is 6.07 Å². The Balaban J connectivity index is 2.34. The maximum Gasteiger partial charge on any atom is 0.453 e. The highest BCUT2D eigenvalue weighted by molar-refractivity contribution is 7.89. The van der Waals surface area contributed by atoms with E-state index in [1.165, 1.54) is 24.3 Å². The van der Waals surface area contributed by atoms with Gasteiger partial charge in [0.2, 0.25) is 15.8 Å². The van der Waals surface area contributed by atoms with Crippen molar-refractivity contribution < 1.29 is 34.9 Å². The highest BCUT2D eigenvalue weighted by Crippen LogP contribution is 2.43. The van der Waals surface area contributed by atoms with Crippen LogP contribution in [0.3, 0.4) is 0 Å². The fourth-order valence-corrected chi connectivity index (χ4v) is 3.06. The molecule has 0 atom stereocenters. The van der Waals surface area contributed by atoms with Gasteiger partial charge in [-0.25, -0.2) is 22.3 Å². The van der Waals surface area contributed by atoms with Gasteiger partial charge < -0.3 is 4.52 Å². The number of aromatic nitrogens is 1. The molecule has 142 valence electrons. The molecule has 5 nitrogen and oxygen atoms in total. The first kappa shape index (κ1) is 19.0. The van der Waals surface area contributed by atoms with E-state index in [0.717, 1.165) is 0 Å². The van der Waals surface area contributed by atoms with Crippen molar-refractivity contribution in [2.75, 3.05) is 0 Å². The van der Waals surface area contributed by atoms with Crippen LogP contribution in [0, 0.1) is 11.6 Å². The van der Waals surface area contributed by atoms with Crippen molar-refractivity contribution in [1.29, 1.82) is 0 Å². The molecule has 0 radical (unpaired) electrons. The molecular weight excluding hydrogens is 395 g/mol. The number of benzene rings is 2. The second kappa shape index (κ2) is 6.43. The second-order valence-electron chi connectivity index (χ2n) is 5.41. The number of rotatable bonds is 3. The minimum atomic E-state index is -5.06. The quantitative estimate of drug-likeness (QED) is 0.670. The highest BCUT2D eigenvalue weighted by Gasteiger charge is 2.42. The summed E-state index contributed by atoms with van der Waals surface area (Å²) in [6.45, 7) is 0. The summed E-state index contributed by atoms with van der Waals surface area (Å²) in [5.74, 6) is -4.60. The Bertz CT molecular complexity index is 1110. The van der Waals surface area contributed by atoms with E-state index in [1.807, 2.05) is 0 Å². The molecule has 0 aliphatic heterocycles. The fraction of sp³-hybridized carbons (Fsp3) is 0.0625. The van der Waals surface area contributed by atoms with Gasteiger partial charge in [0.15, 0.2) is 0 Å². The van der Waals surface area contributed by atoms with E-state index in [1.54, 1.807) is 6.07 Å². The molecule has 0 spiro atoms. The summed E-state index contributed by atoms with van der Waals surface area (Å²) in [7, 11) is -4.62. The lowest BCUT2D eigenvalue weighted by molar-refractivity contribution is -0.154. The van der Waals surface area contributed by atoms with Gasteiger partial charge in [-0.2, -0.15) is 13.2 Å². The lowest BCUT2D eigenvalue weighted by atomic mass is 9.98. The zero-order chi connectivity index (χ0) is 20.0. The molecule has 0 fully saturated rings. The number of nitrogens with two attached hydrogens (primary N) is 1. The van der Waals surface area contributed by atoms with Gasteiger partial charge in [0.05, 0.1) is 5.56 Å². The number of alkyl halides is 3. The number of primary sulfonamides is 1. The molecule has 0 saturated heterocycles. The smallest absolute Gasteiger partial charge is 0.350 e.